The molecule has 0 aliphatic heterocycles. The van der Waals surface area contributed by atoms with Crippen molar-refractivity contribution in [1.29, 1.82) is 0 Å². The van der Waals surface area contributed by atoms with Crippen LogP contribution in [0.25, 0.3) is 6.08 Å². The summed E-state index contributed by atoms with van der Waals surface area (Å²) >= 11 is 3.52. The summed E-state index contributed by atoms with van der Waals surface area (Å²) in [6.45, 7) is 3.66. The van der Waals surface area contributed by atoms with Gasteiger partial charge in [-0.2, -0.15) is 0 Å². The fourth-order valence-electron chi connectivity index (χ4n) is 1.38. The first-order chi connectivity index (χ1) is 8.50. The van der Waals surface area contributed by atoms with E-state index in [1.165, 1.54) is 0 Å². The van der Waals surface area contributed by atoms with Crippen LogP contribution in [0.5, 0.6) is 0 Å². The van der Waals surface area contributed by atoms with E-state index in [1.54, 1.807) is 21.1 Å². The quantitative estimate of drug-likeness (QED) is 0.748. The second-order valence-corrected chi connectivity index (χ2v) is 4.89. The van der Waals surface area contributed by atoms with Crippen LogP contribution in [0.4, 0.5) is 0 Å². The van der Waals surface area contributed by atoms with E-state index >= 15 is 0 Å². The van der Waals surface area contributed by atoms with Crippen LogP contribution in [-0.2, 0) is 14.2 Å². The fraction of sp³-hybridized carbons (Fsp3) is 0.429. The Morgan fingerprint density at radius 3 is 2.28 bits per heavy atom. The van der Waals surface area contributed by atoms with Crippen molar-refractivity contribution in [3.05, 3.63) is 40.4 Å². The van der Waals surface area contributed by atoms with Gasteiger partial charge in [0.15, 0.2) is 0 Å². The number of benzene rings is 1. The van der Waals surface area contributed by atoms with Crippen LogP contribution in [0.3, 0.4) is 0 Å². The van der Waals surface area contributed by atoms with E-state index in [4.69, 9.17) is 14.2 Å². The van der Waals surface area contributed by atoms with E-state index < -0.39 is 5.97 Å². The van der Waals surface area contributed by atoms with Crippen molar-refractivity contribution in [3.63, 3.8) is 0 Å². The van der Waals surface area contributed by atoms with Crippen LogP contribution in [0.1, 0.15) is 19.4 Å². The number of rotatable bonds is 6. The molecule has 0 saturated heterocycles. The first kappa shape index (κ1) is 15.4. The lowest BCUT2D eigenvalue weighted by atomic mass is 10.2. The summed E-state index contributed by atoms with van der Waals surface area (Å²) in [5.74, 6) is -1.04. The molecule has 0 heterocycles. The minimum atomic E-state index is -1.04. The fourth-order valence-corrected chi connectivity index (χ4v) is 1.74. The summed E-state index contributed by atoms with van der Waals surface area (Å²) in [5, 5.41) is 0. The van der Waals surface area contributed by atoms with Crippen molar-refractivity contribution < 1.29 is 14.2 Å². The molecule has 18 heavy (non-hydrogen) atoms. The van der Waals surface area contributed by atoms with Crippen molar-refractivity contribution in [3.8, 4) is 0 Å². The zero-order chi connectivity index (χ0) is 13.6. The highest BCUT2D eigenvalue weighted by Crippen LogP contribution is 2.24. The second-order valence-electron chi connectivity index (χ2n) is 3.97. The average molecular weight is 315 g/mol. The summed E-state index contributed by atoms with van der Waals surface area (Å²) in [6, 6.07) is 10.0. The molecule has 3 nitrogen and oxygen atoms in total. The van der Waals surface area contributed by atoms with Crippen molar-refractivity contribution in [1.82, 2.24) is 0 Å². The van der Waals surface area contributed by atoms with E-state index in [0.29, 0.717) is 0 Å². The lowest BCUT2D eigenvalue weighted by molar-refractivity contribution is -0.358. The Balaban J connectivity index is 2.72. The summed E-state index contributed by atoms with van der Waals surface area (Å²) < 4.78 is 17.0. The molecule has 0 N–H and O–H groups in total. The van der Waals surface area contributed by atoms with E-state index in [2.05, 4.69) is 15.9 Å². The molecule has 0 aliphatic rings. The van der Waals surface area contributed by atoms with Gasteiger partial charge in [-0.15, -0.1) is 0 Å². The van der Waals surface area contributed by atoms with Crippen molar-refractivity contribution >= 4 is 22.0 Å². The highest BCUT2D eigenvalue weighted by atomic mass is 79.9. The van der Waals surface area contributed by atoms with Gasteiger partial charge in [0.05, 0.1) is 6.10 Å². The molecule has 0 saturated carbocycles. The Labute approximate surface area is 117 Å². The van der Waals surface area contributed by atoms with Gasteiger partial charge in [-0.3, -0.25) is 0 Å². The third-order valence-corrected chi connectivity index (χ3v) is 3.50. The number of methoxy groups -OCH3 is 2. The van der Waals surface area contributed by atoms with Crippen LogP contribution in [0.2, 0.25) is 0 Å². The van der Waals surface area contributed by atoms with Gasteiger partial charge in [0.25, 0.3) is 5.97 Å². The van der Waals surface area contributed by atoms with E-state index in [0.717, 1.165) is 10.0 Å². The van der Waals surface area contributed by atoms with Gasteiger partial charge in [-0.25, -0.2) is 0 Å². The first-order valence-corrected chi connectivity index (χ1v) is 6.50. The minimum absolute atomic E-state index is 0.171. The molecule has 1 aromatic carbocycles. The molecule has 0 aromatic heterocycles. The van der Waals surface area contributed by atoms with E-state index in [9.17, 15) is 0 Å². The van der Waals surface area contributed by atoms with Gasteiger partial charge in [-0.1, -0.05) is 46.3 Å². The van der Waals surface area contributed by atoms with Gasteiger partial charge < -0.3 is 14.2 Å². The van der Waals surface area contributed by atoms with Crippen LogP contribution in [-0.4, -0.2) is 26.3 Å². The van der Waals surface area contributed by atoms with Gasteiger partial charge in [0, 0.05) is 25.6 Å². The SMILES string of the molecule is COC(C)(OC)OC(C)/C(Br)=C/c1ccccc1. The molecule has 0 aliphatic carbocycles. The smallest absolute Gasteiger partial charge is 0.279 e. The molecule has 100 valence electrons. The Morgan fingerprint density at radius 1 is 1.22 bits per heavy atom. The molecule has 1 atom stereocenters. The number of halogens is 1. The van der Waals surface area contributed by atoms with Crippen molar-refractivity contribution in [2.45, 2.75) is 25.9 Å². The minimum Gasteiger partial charge on any atom is -0.331 e. The summed E-state index contributed by atoms with van der Waals surface area (Å²) in [5.41, 5.74) is 1.11. The van der Waals surface area contributed by atoms with Gasteiger partial charge >= 0.3 is 0 Å². The molecule has 0 amide bonds. The summed E-state index contributed by atoms with van der Waals surface area (Å²) in [4.78, 5) is 0. The van der Waals surface area contributed by atoms with Crippen LogP contribution >= 0.6 is 15.9 Å². The maximum atomic E-state index is 5.71. The van der Waals surface area contributed by atoms with Gasteiger partial charge in [0.2, 0.25) is 0 Å². The molecule has 4 heteroatoms. The predicted octanol–water partition coefficient (Wildman–Crippen LogP) is 3.79. The standard InChI is InChI=1S/C14H19BrO3/c1-11(18-14(2,16-3)17-4)13(15)10-12-8-6-5-7-9-12/h5-11H,1-4H3/b13-10-. The second kappa shape index (κ2) is 7.04. The van der Waals surface area contributed by atoms with E-state index in [1.807, 2.05) is 43.3 Å². The largest absolute Gasteiger partial charge is 0.331 e. The maximum absolute atomic E-state index is 5.71. The van der Waals surface area contributed by atoms with Crippen LogP contribution in [0.15, 0.2) is 34.8 Å². The summed E-state index contributed by atoms with van der Waals surface area (Å²) in [7, 11) is 3.09. The Morgan fingerprint density at radius 2 is 1.78 bits per heavy atom. The zero-order valence-corrected chi connectivity index (χ0v) is 12.7. The topological polar surface area (TPSA) is 27.7 Å². The molecule has 1 unspecified atom stereocenters. The monoisotopic (exact) mass is 314 g/mol. The molecule has 0 bridgehead atoms. The molecule has 1 rings (SSSR count). The molecular formula is C14H19BrO3. The first-order valence-electron chi connectivity index (χ1n) is 5.71. The normalized spacial score (nSPS) is 14.6. The highest BCUT2D eigenvalue weighted by molar-refractivity contribution is 9.11. The Kier molecular flexibility index (Phi) is 6.02. The Bertz CT molecular complexity index is 385. The maximum Gasteiger partial charge on any atom is 0.279 e. The lowest BCUT2D eigenvalue weighted by Crippen LogP contribution is -2.36. The van der Waals surface area contributed by atoms with Crippen LogP contribution in [0, 0.1) is 0 Å². The van der Waals surface area contributed by atoms with Crippen LogP contribution < -0.4 is 0 Å². The van der Waals surface area contributed by atoms with Gasteiger partial charge in [-0.05, 0) is 18.6 Å². The molecule has 1 aromatic rings. The van der Waals surface area contributed by atoms with Crippen molar-refractivity contribution in [2.24, 2.45) is 0 Å². The highest BCUT2D eigenvalue weighted by Gasteiger charge is 2.27. The zero-order valence-electron chi connectivity index (χ0n) is 11.1. The van der Waals surface area contributed by atoms with Gasteiger partial charge in [0.1, 0.15) is 0 Å². The molecule has 0 spiro atoms. The Hall–Kier alpha value is -0.680. The van der Waals surface area contributed by atoms with E-state index in [-0.39, 0.29) is 6.10 Å². The third kappa shape index (κ3) is 4.53. The number of hydrogen-bond donors (Lipinski definition) is 0. The number of hydrogen-bond acceptors (Lipinski definition) is 3. The molecule has 0 fully saturated rings. The average Bonchev–Trinajstić information content (AvgIpc) is 2.39. The molecular weight excluding hydrogens is 296 g/mol. The third-order valence-electron chi connectivity index (χ3n) is 2.62. The predicted molar refractivity (Wildman–Crippen MR) is 76.3 cm³/mol. The van der Waals surface area contributed by atoms with Crippen molar-refractivity contribution in [2.75, 3.05) is 14.2 Å². The number of ether oxygens (including phenoxy) is 3. The molecule has 0 radical (unpaired) electrons. The summed E-state index contributed by atoms with van der Waals surface area (Å²) in [6.07, 6.45) is 1.84. The lowest BCUT2D eigenvalue weighted by Gasteiger charge is -2.29.